The summed E-state index contributed by atoms with van der Waals surface area (Å²) in [6, 6.07) is 6.26. The number of carbonyl (C=O) groups excluding carboxylic acids is 2. The molecule has 3 aromatic rings. The molecule has 3 rings (SSSR count). The largest absolute Gasteiger partial charge is 0.456 e. The summed E-state index contributed by atoms with van der Waals surface area (Å²) in [7, 11) is 0. The van der Waals surface area contributed by atoms with E-state index in [1.54, 1.807) is 45.2 Å². The third kappa shape index (κ3) is 5.94. The van der Waals surface area contributed by atoms with Crippen LogP contribution in [0, 0.1) is 5.41 Å². The van der Waals surface area contributed by atoms with E-state index < -0.39 is 11.4 Å². The predicted octanol–water partition coefficient (Wildman–Crippen LogP) is 4.97. The molecule has 0 spiro atoms. The van der Waals surface area contributed by atoms with Gasteiger partial charge in [0.05, 0.1) is 23.8 Å². The minimum Gasteiger partial charge on any atom is -0.456 e. The Morgan fingerprint density at radius 2 is 1.82 bits per heavy atom. The number of ether oxygens (including phenoxy) is 1. The maximum absolute atomic E-state index is 12.0. The molecule has 174 valence electrons. The fourth-order valence-corrected chi connectivity index (χ4v) is 3.09. The second kappa shape index (κ2) is 9.81. The second-order valence-corrected chi connectivity index (χ2v) is 8.92. The lowest BCUT2D eigenvalue weighted by Gasteiger charge is -2.16. The van der Waals surface area contributed by atoms with Crippen molar-refractivity contribution < 1.29 is 14.3 Å². The van der Waals surface area contributed by atoms with Gasteiger partial charge in [-0.15, -0.1) is 0 Å². The van der Waals surface area contributed by atoms with Crippen molar-refractivity contribution in [3.05, 3.63) is 48.7 Å². The molecule has 0 radical (unpaired) electrons. The van der Waals surface area contributed by atoms with Crippen LogP contribution in [0.3, 0.4) is 0 Å². The van der Waals surface area contributed by atoms with Gasteiger partial charge in [-0.25, -0.2) is 14.8 Å². The molecule has 9 nitrogen and oxygen atoms in total. The highest BCUT2D eigenvalue weighted by Crippen LogP contribution is 2.28. The van der Waals surface area contributed by atoms with Gasteiger partial charge in [0.2, 0.25) is 5.91 Å². The molecule has 0 saturated heterocycles. The fraction of sp³-hybridized carbons (Fsp3) is 0.375. The average Bonchev–Trinajstić information content (AvgIpc) is 3.19. The molecule has 0 unspecified atom stereocenters. The van der Waals surface area contributed by atoms with Gasteiger partial charge < -0.3 is 9.30 Å². The van der Waals surface area contributed by atoms with Crippen LogP contribution in [0.5, 0.6) is 11.5 Å². The van der Waals surface area contributed by atoms with E-state index in [-0.39, 0.29) is 5.91 Å². The van der Waals surface area contributed by atoms with Crippen LogP contribution >= 0.6 is 0 Å². The zero-order valence-corrected chi connectivity index (χ0v) is 19.8. The van der Waals surface area contributed by atoms with Crippen molar-refractivity contribution in [3.63, 3.8) is 0 Å². The molecule has 0 aliphatic heterocycles. The van der Waals surface area contributed by atoms with E-state index >= 15 is 0 Å². The first kappa shape index (κ1) is 23.9. The summed E-state index contributed by atoms with van der Waals surface area (Å²) in [4.78, 5) is 37.1. The van der Waals surface area contributed by atoms with Crippen molar-refractivity contribution in [2.75, 3.05) is 5.32 Å². The fourth-order valence-electron chi connectivity index (χ4n) is 3.09. The number of urea groups is 1. The molecule has 3 aromatic heterocycles. The quantitative estimate of drug-likeness (QED) is 0.548. The third-order valence-corrected chi connectivity index (χ3v) is 4.83. The number of carbonyl (C=O) groups is 2. The summed E-state index contributed by atoms with van der Waals surface area (Å²) in [5, 5.41) is 4.82. The van der Waals surface area contributed by atoms with E-state index in [0.29, 0.717) is 23.2 Å². The van der Waals surface area contributed by atoms with Crippen LogP contribution < -0.4 is 15.4 Å². The van der Waals surface area contributed by atoms with Crippen molar-refractivity contribution in [3.8, 4) is 22.9 Å². The van der Waals surface area contributed by atoms with Gasteiger partial charge >= 0.3 is 6.03 Å². The smallest absolute Gasteiger partial charge is 0.327 e. The van der Waals surface area contributed by atoms with Crippen LogP contribution in [-0.2, 0) is 11.3 Å². The summed E-state index contributed by atoms with van der Waals surface area (Å²) >= 11 is 0. The van der Waals surface area contributed by atoms with Crippen molar-refractivity contribution >= 4 is 17.8 Å². The summed E-state index contributed by atoms with van der Waals surface area (Å²) in [6.07, 6.45) is 5.02. The van der Waals surface area contributed by atoms with Gasteiger partial charge in [-0.2, -0.15) is 0 Å². The van der Waals surface area contributed by atoms with Crippen LogP contribution in [0.1, 0.15) is 53.3 Å². The normalized spacial score (nSPS) is 11.4. The Bertz CT molecular complexity index is 1130. The van der Waals surface area contributed by atoms with Gasteiger partial charge in [0, 0.05) is 30.1 Å². The molecule has 0 fully saturated rings. The third-order valence-electron chi connectivity index (χ3n) is 4.83. The highest BCUT2D eigenvalue weighted by atomic mass is 16.5. The molecule has 33 heavy (non-hydrogen) atoms. The number of nitrogens with one attached hydrogen (secondary N) is 2. The molecule has 0 bridgehead atoms. The zero-order valence-electron chi connectivity index (χ0n) is 19.8. The van der Waals surface area contributed by atoms with Crippen molar-refractivity contribution in [2.45, 2.75) is 54.0 Å². The topological polar surface area (TPSA) is 111 Å². The molecule has 0 aliphatic rings. The maximum atomic E-state index is 12.0. The number of hydrogen-bond acceptors (Lipinski definition) is 6. The number of hydrogen-bond donors (Lipinski definition) is 2. The molecule has 2 N–H and O–H groups in total. The van der Waals surface area contributed by atoms with Crippen molar-refractivity contribution in [1.29, 1.82) is 0 Å². The molecular formula is C24H30N6O3. The second-order valence-electron chi connectivity index (χ2n) is 8.92. The molecule has 0 aromatic carbocycles. The minimum atomic E-state index is -0.670. The van der Waals surface area contributed by atoms with Crippen LogP contribution in [0.2, 0.25) is 0 Å². The minimum absolute atomic E-state index is 0.296. The summed E-state index contributed by atoms with van der Waals surface area (Å²) in [6.45, 7) is 12.3. The maximum Gasteiger partial charge on any atom is 0.327 e. The van der Waals surface area contributed by atoms with Crippen LogP contribution in [0.25, 0.3) is 11.4 Å². The number of pyridine rings is 2. The van der Waals surface area contributed by atoms with Crippen LogP contribution in [0.4, 0.5) is 10.6 Å². The van der Waals surface area contributed by atoms with Gasteiger partial charge in [0.15, 0.2) is 0 Å². The van der Waals surface area contributed by atoms with E-state index in [1.165, 1.54) is 6.20 Å². The molecular weight excluding hydrogens is 420 g/mol. The first-order chi connectivity index (χ1) is 15.6. The molecule has 0 atom stereocenters. The molecule has 0 aliphatic carbocycles. The van der Waals surface area contributed by atoms with Gasteiger partial charge in [0.25, 0.3) is 0 Å². The van der Waals surface area contributed by atoms with E-state index in [2.05, 4.69) is 50.9 Å². The van der Waals surface area contributed by atoms with Gasteiger partial charge in [0.1, 0.15) is 23.1 Å². The number of imide groups is 1. The molecule has 3 heterocycles. The van der Waals surface area contributed by atoms with Gasteiger partial charge in [-0.3, -0.25) is 20.4 Å². The number of rotatable bonds is 6. The number of amides is 3. The number of aromatic nitrogens is 4. The highest BCUT2D eigenvalue weighted by Gasteiger charge is 2.23. The first-order valence-corrected chi connectivity index (χ1v) is 10.9. The van der Waals surface area contributed by atoms with E-state index in [4.69, 9.17) is 4.74 Å². The standard InChI is InChI=1S/C24H30N6O3/c1-7-30-19(14-27-21(30)15(2)3)18-12-16(10-11-25-18)33-17-8-9-20(26-13-17)28-23(32)29-22(31)24(4,5)6/h8-15H,7H2,1-6H3,(H2,26,28,29,31,32). The SMILES string of the molecule is CCn1c(-c2cc(Oc3ccc(NC(=O)NC(=O)C(C)(C)C)nc3)ccn2)cnc1C(C)C. The van der Waals surface area contributed by atoms with E-state index in [0.717, 1.165) is 23.8 Å². The molecule has 3 amide bonds. The Labute approximate surface area is 193 Å². The van der Waals surface area contributed by atoms with Gasteiger partial charge in [-0.05, 0) is 25.1 Å². The lowest BCUT2D eigenvalue weighted by atomic mass is 9.96. The predicted molar refractivity (Wildman–Crippen MR) is 126 cm³/mol. The summed E-state index contributed by atoms with van der Waals surface area (Å²) in [5.41, 5.74) is 1.03. The Morgan fingerprint density at radius 3 is 2.42 bits per heavy atom. The Hall–Kier alpha value is -3.75. The Kier molecular flexibility index (Phi) is 7.10. The van der Waals surface area contributed by atoms with Crippen molar-refractivity contribution in [2.24, 2.45) is 5.41 Å². The monoisotopic (exact) mass is 450 g/mol. The van der Waals surface area contributed by atoms with Gasteiger partial charge in [-0.1, -0.05) is 34.6 Å². The van der Waals surface area contributed by atoms with E-state index in [9.17, 15) is 9.59 Å². The zero-order chi connectivity index (χ0) is 24.2. The molecule has 9 heteroatoms. The van der Waals surface area contributed by atoms with Crippen LogP contribution in [-0.4, -0.2) is 31.5 Å². The number of imidazole rings is 1. The van der Waals surface area contributed by atoms with E-state index in [1.807, 2.05) is 12.3 Å². The highest BCUT2D eigenvalue weighted by molar-refractivity contribution is 6.02. The van der Waals surface area contributed by atoms with Crippen molar-refractivity contribution in [1.82, 2.24) is 24.8 Å². The lowest BCUT2D eigenvalue weighted by Crippen LogP contribution is -2.41. The van der Waals surface area contributed by atoms with Crippen LogP contribution in [0.15, 0.2) is 42.9 Å². The lowest BCUT2D eigenvalue weighted by molar-refractivity contribution is -0.127. The average molecular weight is 451 g/mol. The Balaban J connectivity index is 1.69. The number of anilines is 1. The molecule has 0 saturated carbocycles. The Morgan fingerprint density at radius 1 is 1.06 bits per heavy atom. The summed E-state index contributed by atoms with van der Waals surface area (Å²) < 4.78 is 8.07. The first-order valence-electron chi connectivity index (χ1n) is 10.9. The number of nitrogens with zero attached hydrogens (tertiary/aromatic N) is 4. The summed E-state index contributed by atoms with van der Waals surface area (Å²) in [5.74, 6) is 2.34.